The van der Waals surface area contributed by atoms with E-state index in [1.54, 1.807) is 30.5 Å². The summed E-state index contributed by atoms with van der Waals surface area (Å²) >= 11 is 1.32. The number of hydrogen-bond acceptors (Lipinski definition) is 5. The summed E-state index contributed by atoms with van der Waals surface area (Å²) in [5, 5.41) is 21.8. The third-order valence-electron chi connectivity index (χ3n) is 2.78. The molecule has 0 radical (unpaired) electrons. The summed E-state index contributed by atoms with van der Waals surface area (Å²) in [5.41, 5.74) is 0.665. The summed E-state index contributed by atoms with van der Waals surface area (Å²) in [4.78, 5) is 23.3. The average Bonchev–Trinajstić information content (AvgIpc) is 2.92. The van der Waals surface area contributed by atoms with E-state index in [2.05, 4.69) is 0 Å². The van der Waals surface area contributed by atoms with Gasteiger partial charge in [0, 0.05) is 22.6 Å². The van der Waals surface area contributed by atoms with Gasteiger partial charge in [-0.2, -0.15) is 5.26 Å². The highest BCUT2D eigenvalue weighted by molar-refractivity contribution is 7.10. The molecule has 100 valence electrons. The number of nitro groups is 1. The molecule has 1 atom stereocenters. The molecule has 20 heavy (non-hydrogen) atoms. The Labute approximate surface area is 119 Å². The zero-order chi connectivity index (χ0) is 14.7. The van der Waals surface area contributed by atoms with Crippen LogP contribution in [0.5, 0.6) is 0 Å². The number of nitrogens with zero attached hydrogens (tertiary/aromatic N) is 2. The Bertz CT molecular complexity index is 702. The number of rotatable bonds is 4. The zero-order valence-corrected chi connectivity index (χ0v) is 11.4. The zero-order valence-electron chi connectivity index (χ0n) is 10.6. The molecule has 0 bridgehead atoms. The summed E-state index contributed by atoms with van der Waals surface area (Å²) in [6.45, 7) is 1.68. The first-order chi connectivity index (χ1) is 9.52. The Hall–Kier alpha value is -2.52. The van der Waals surface area contributed by atoms with Gasteiger partial charge in [0.2, 0.25) is 0 Å². The molecule has 2 aromatic rings. The highest BCUT2D eigenvalue weighted by atomic mass is 32.1. The Morgan fingerprint density at radius 3 is 2.75 bits per heavy atom. The molecule has 2 rings (SSSR count). The molecular formula is C14H10N2O3S. The number of nitro benzene ring substituents is 1. The molecule has 5 nitrogen and oxygen atoms in total. The fraction of sp³-hybridized carbons (Fsp3) is 0.143. The number of thiophene rings is 1. The van der Waals surface area contributed by atoms with Gasteiger partial charge in [0.05, 0.1) is 11.0 Å². The molecule has 0 aliphatic rings. The predicted octanol–water partition coefficient (Wildman–Crippen LogP) is 3.45. The lowest BCUT2D eigenvalue weighted by Gasteiger charge is -2.07. The van der Waals surface area contributed by atoms with Crippen LogP contribution in [0.1, 0.15) is 26.7 Å². The van der Waals surface area contributed by atoms with Crippen LogP contribution in [0.4, 0.5) is 5.69 Å². The summed E-state index contributed by atoms with van der Waals surface area (Å²) < 4.78 is 0. The number of ketones is 1. The van der Waals surface area contributed by atoms with Crippen molar-refractivity contribution in [2.24, 2.45) is 0 Å². The van der Waals surface area contributed by atoms with Crippen molar-refractivity contribution in [2.45, 2.75) is 12.8 Å². The van der Waals surface area contributed by atoms with Gasteiger partial charge in [-0.25, -0.2) is 0 Å². The van der Waals surface area contributed by atoms with Gasteiger partial charge in [-0.1, -0.05) is 6.07 Å². The minimum absolute atomic E-state index is 0.142. The monoisotopic (exact) mass is 286 g/mol. The van der Waals surface area contributed by atoms with Gasteiger partial charge in [-0.3, -0.25) is 14.9 Å². The molecule has 1 aromatic heterocycles. The van der Waals surface area contributed by atoms with E-state index in [9.17, 15) is 20.2 Å². The molecule has 1 heterocycles. The standard InChI is InChI=1S/C14H10N2O3S/c1-9-5-10(7-11(6-9)16(18)19)14(17)12(8-15)13-3-2-4-20-13/h2-7,12H,1H3. The normalized spacial score (nSPS) is 11.6. The van der Waals surface area contributed by atoms with Gasteiger partial charge in [0.1, 0.15) is 5.92 Å². The van der Waals surface area contributed by atoms with Crippen molar-refractivity contribution in [2.75, 3.05) is 0 Å². The van der Waals surface area contributed by atoms with E-state index in [0.717, 1.165) is 0 Å². The van der Waals surface area contributed by atoms with Crippen LogP contribution in [-0.4, -0.2) is 10.7 Å². The molecule has 6 heteroatoms. The molecule has 0 spiro atoms. The van der Waals surface area contributed by atoms with Gasteiger partial charge in [0.25, 0.3) is 5.69 Å². The Balaban J connectivity index is 2.43. The van der Waals surface area contributed by atoms with Crippen LogP contribution in [0.2, 0.25) is 0 Å². The molecule has 0 aliphatic carbocycles. The summed E-state index contributed by atoms with van der Waals surface area (Å²) in [6, 6.07) is 9.60. The van der Waals surface area contributed by atoms with E-state index in [4.69, 9.17) is 0 Å². The van der Waals surface area contributed by atoms with E-state index in [1.807, 2.05) is 6.07 Å². The van der Waals surface area contributed by atoms with Gasteiger partial charge in [-0.05, 0) is 30.0 Å². The molecule has 0 fully saturated rings. The lowest BCUT2D eigenvalue weighted by molar-refractivity contribution is -0.384. The first-order valence-electron chi connectivity index (χ1n) is 5.76. The first-order valence-corrected chi connectivity index (χ1v) is 6.64. The van der Waals surface area contributed by atoms with E-state index in [-0.39, 0.29) is 11.3 Å². The van der Waals surface area contributed by atoms with Crippen molar-refractivity contribution >= 4 is 22.8 Å². The maximum absolute atomic E-state index is 12.4. The van der Waals surface area contributed by atoms with E-state index >= 15 is 0 Å². The van der Waals surface area contributed by atoms with Gasteiger partial charge >= 0.3 is 0 Å². The molecular weight excluding hydrogens is 276 g/mol. The van der Waals surface area contributed by atoms with Gasteiger partial charge in [0.15, 0.2) is 5.78 Å². The van der Waals surface area contributed by atoms with Crippen LogP contribution in [0.3, 0.4) is 0 Å². The van der Waals surface area contributed by atoms with Crippen LogP contribution in [0.15, 0.2) is 35.7 Å². The number of Topliss-reactive ketones (excluding diaryl/α,β-unsaturated/α-hetero) is 1. The molecule has 1 aromatic carbocycles. The molecule has 0 saturated heterocycles. The van der Waals surface area contributed by atoms with E-state index in [0.29, 0.717) is 10.4 Å². The highest BCUT2D eigenvalue weighted by Crippen LogP contribution is 2.26. The third-order valence-corrected chi connectivity index (χ3v) is 3.71. The van der Waals surface area contributed by atoms with Crippen molar-refractivity contribution in [1.82, 2.24) is 0 Å². The quantitative estimate of drug-likeness (QED) is 0.489. The van der Waals surface area contributed by atoms with Crippen molar-refractivity contribution < 1.29 is 9.72 Å². The van der Waals surface area contributed by atoms with E-state index in [1.165, 1.54) is 23.5 Å². The number of carbonyl (C=O) groups excluding carboxylic acids is 1. The van der Waals surface area contributed by atoms with Crippen LogP contribution < -0.4 is 0 Å². The largest absolute Gasteiger partial charge is 0.292 e. The second-order valence-corrected chi connectivity index (χ2v) is 5.24. The molecule has 0 N–H and O–H groups in total. The molecule has 0 amide bonds. The maximum atomic E-state index is 12.4. The Kier molecular flexibility index (Phi) is 3.91. The maximum Gasteiger partial charge on any atom is 0.270 e. The number of nitriles is 1. The lowest BCUT2D eigenvalue weighted by Crippen LogP contribution is -2.10. The second kappa shape index (κ2) is 5.63. The Morgan fingerprint density at radius 1 is 1.45 bits per heavy atom. The minimum atomic E-state index is -0.920. The summed E-state index contributed by atoms with van der Waals surface area (Å²) in [7, 11) is 0. The minimum Gasteiger partial charge on any atom is -0.292 e. The molecule has 0 aliphatic heterocycles. The van der Waals surface area contributed by atoms with Crippen LogP contribution in [-0.2, 0) is 0 Å². The van der Waals surface area contributed by atoms with Crippen molar-refractivity contribution in [3.8, 4) is 6.07 Å². The number of benzene rings is 1. The van der Waals surface area contributed by atoms with Crippen molar-refractivity contribution in [1.29, 1.82) is 5.26 Å². The van der Waals surface area contributed by atoms with Crippen molar-refractivity contribution in [3.05, 3.63) is 61.8 Å². The lowest BCUT2D eigenvalue weighted by atomic mass is 9.96. The van der Waals surface area contributed by atoms with Crippen LogP contribution in [0, 0.1) is 28.4 Å². The molecule has 1 unspecified atom stereocenters. The topological polar surface area (TPSA) is 84.0 Å². The fourth-order valence-corrected chi connectivity index (χ4v) is 2.65. The van der Waals surface area contributed by atoms with Gasteiger partial charge < -0.3 is 0 Å². The SMILES string of the molecule is Cc1cc(C(=O)C(C#N)c2cccs2)cc([N+](=O)[O-])c1. The van der Waals surface area contributed by atoms with Crippen LogP contribution in [0.25, 0.3) is 0 Å². The first kappa shape index (κ1) is 13.9. The number of non-ortho nitro benzene ring substituents is 1. The number of hydrogen-bond donors (Lipinski definition) is 0. The third kappa shape index (κ3) is 2.73. The smallest absolute Gasteiger partial charge is 0.270 e. The molecule has 0 saturated carbocycles. The predicted molar refractivity (Wildman–Crippen MR) is 74.8 cm³/mol. The fourth-order valence-electron chi connectivity index (χ4n) is 1.88. The van der Waals surface area contributed by atoms with Gasteiger partial charge in [-0.15, -0.1) is 11.3 Å². The van der Waals surface area contributed by atoms with Crippen LogP contribution >= 0.6 is 11.3 Å². The summed E-state index contributed by atoms with van der Waals surface area (Å²) in [6.07, 6.45) is 0. The average molecular weight is 286 g/mol. The van der Waals surface area contributed by atoms with E-state index < -0.39 is 16.6 Å². The second-order valence-electron chi connectivity index (χ2n) is 4.26. The number of carbonyl (C=O) groups is 1. The van der Waals surface area contributed by atoms with Crippen molar-refractivity contribution in [3.63, 3.8) is 0 Å². The summed E-state index contributed by atoms with van der Waals surface area (Å²) in [5.74, 6) is -1.34. The number of aryl methyl sites for hydroxylation is 1. The Morgan fingerprint density at radius 2 is 2.20 bits per heavy atom. The highest BCUT2D eigenvalue weighted by Gasteiger charge is 2.24.